The SMILES string of the molecule is Cc1noc2ncnc(NC[C@H](CO)Cc3ccsc3)c12. The van der Waals surface area contributed by atoms with Gasteiger partial charge in [0.05, 0.1) is 5.69 Å². The normalized spacial score (nSPS) is 12.7. The van der Waals surface area contributed by atoms with Gasteiger partial charge in [-0.3, -0.25) is 0 Å². The van der Waals surface area contributed by atoms with Crippen molar-refractivity contribution < 1.29 is 9.63 Å². The van der Waals surface area contributed by atoms with Crippen molar-refractivity contribution in [1.82, 2.24) is 15.1 Å². The number of hydrogen-bond acceptors (Lipinski definition) is 7. The third-order valence-corrected chi connectivity index (χ3v) is 4.10. The average molecular weight is 304 g/mol. The molecule has 2 N–H and O–H groups in total. The van der Waals surface area contributed by atoms with Crippen LogP contribution in [0.15, 0.2) is 27.7 Å². The molecule has 0 aliphatic carbocycles. The van der Waals surface area contributed by atoms with Crippen LogP contribution in [0.2, 0.25) is 0 Å². The second kappa shape index (κ2) is 6.19. The third-order valence-electron chi connectivity index (χ3n) is 3.36. The Morgan fingerprint density at radius 3 is 3.10 bits per heavy atom. The van der Waals surface area contributed by atoms with Crippen LogP contribution < -0.4 is 5.32 Å². The van der Waals surface area contributed by atoms with Crippen LogP contribution in [0.1, 0.15) is 11.3 Å². The number of fused-ring (bicyclic) bond motifs is 1. The number of thiophene rings is 1. The fourth-order valence-corrected chi connectivity index (χ4v) is 2.92. The van der Waals surface area contributed by atoms with E-state index in [2.05, 4.69) is 31.9 Å². The largest absolute Gasteiger partial charge is 0.396 e. The van der Waals surface area contributed by atoms with E-state index in [1.165, 1.54) is 11.9 Å². The summed E-state index contributed by atoms with van der Waals surface area (Å²) < 4.78 is 5.12. The van der Waals surface area contributed by atoms with Gasteiger partial charge in [-0.1, -0.05) is 5.16 Å². The Kier molecular flexibility index (Phi) is 4.12. The lowest BCUT2D eigenvalue weighted by atomic mass is 10.0. The molecule has 0 aliphatic rings. The molecule has 0 saturated heterocycles. The lowest BCUT2D eigenvalue weighted by Crippen LogP contribution is -2.20. The van der Waals surface area contributed by atoms with Crippen molar-refractivity contribution >= 4 is 28.3 Å². The van der Waals surface area contributed by atoms with Crippen molar-refractivity contribution in [2.24, 2.45) is 5.92 Å². The predicted molar refractivity (Wildman–Crippen MR) is 81.4 cm³/mol. The number of anilines is 1. The van der Waals surface area contributed by atoms with Gasteiger partial charge in [-0.15, -0.1) is 0 Å². The van der Waals surface area contributed by atoms with Gasteiger partial charge in [0.25, 0.3) is 5.71 Å². The molecule has 3 heterocycles. The zero-order valence-electron chi connectivity index (χ0n) is 11.6. The molecule has 0 aromatic carbocycles. The van der Waals surface area contributed by atoms with Crippen LogP contribution in [0.5, 0.6) is 0 Å². The molecule has 0 radical (unpaired) electrons. The van der Waals surface area contributed by atoms with Crippen LogP contribution in [0.25, 0.3) is 11.1 Å². The number of aryl methyl sites for hydroxylation is 1. The fraction of sp³-hybridized carbons (Fsp3) is 0.357. The number of aliphatic hydroxyl groups excluding tert-OH is 1. The van der Waals surface area contributed by atoms with Crippen LogP contribution in [0.3, 0.4) is 0 Å². The number of rotatable bonds is 6. The Morgan fingerprint density at radius 2 is 2.33 bits per heavy atom. The van der Waals surface area contributed by atoms with E-state index in [1.54, 1.807) is 11.3 Å². The maximum Gasteiger partial charge on any atom is 0.263 e. The molecule has 0 amide bonds. The van der Waals surface area contributed by atoms with Crippen molar-refractivity contribution in [2.75, 3.05) is 18.5 Å². The van der Waals surface area contributed by atoms with Crippen molar-refractivity contribution in [2.45, 2.75) is 13.3 Å². The Hall–Kier alpha value is -1.99. The number of nitrogens with one attached hydrogen (secondary N) is 1. The molecule has 0 bridgehead atoms. The summed E-state index contributed by atoms with van der Waals surface area (Å²) in [5.74, 6) is 0.826. The van der Waals surface area contributed by atoms with E-state index in [0.717, 1.165) is 17.5 Å². The van der Waals surface area contributed by atoms with Gasteiger partial charge in [-0.05, 0) is 35.7 Å². The summed E-state index contributed by atoms with van der Waals surface area (Å²) in [6.07, 6.45) is 2.28. The summed E-state index contributed by atoms with van der Waals surface area (Å²) in [5.41, 5.74) is 2.48. The summed E-state index contributed by atoms with van der Waals surface area (Å²) in [7, 11) is 0. The lowest BCUT2D eigenvalue weighted by Gasteiger charge is -2.15. The van der Waals surface area contributed by atoms with Crippen LogP contribution in [-0.2, 0) is 6.42 Å². The first kappa shape index (κ1) is 14.0. The highest BCUT2D eigenvalue weighted by molar-refractivity contribution is 7.07. The minimum absolute atomic E-state index is 0.125. The smallest absolute Gasteiger partial charge is 0.263 e. The molecular formula is C14H16N4O2S. The highest BCUT2D eigenvalue weighted by Gasteiger charge is 2.14. The van der Waals surface area contributed by atoms with E-state index in [-0.39, 0.29) is 12.5 Å². The third kappa shape index (κ3) is 3.03. The Morgan fingerprint density at radius 1 is 1.43 bits per heavy atom. The Labute approximate surface area is 125 Å². The van der Waals surface area contributed by atoms with Gasteiger partial charge < -0.3 is 14.9 Å². The molecule has 6 nitrogen and oxygen atoms in total. The molecule has 0 unspecified atom stereocenters. The van der Waals surface area contributed by atoms with Gasteiger partial charge in [0.15, 0.2) is 0 Å². The van der Waals surface area contributed by atoms with E-state index in [0.29, 0.717) is 18.1 Å². The molecule has 0 aliphatic heterocycles. The molecule has 0 fully saturated rings. The minimum Gasteiger partial charge on any atom is -0.396 e. The molecule has 3 aromatic heterocycles. The Bertz CT molecular complexity index is 711. The molecule has 3 aromatic rings. The summed E-state index contributed by atoms with van der Waals surface area (Å²) in [6.45, 7) is 2.61. The summed E-state index contributed by atoms with van der Waals surface area (Å²) in [5, 5.41) is 21.6. The van der Waals surface area contributed by atoms with Crippen molar-refractivity contribution in [3.63, 3.8) is 0 Å². The van der Waals surface area contributed by atoms with Crippen molar-refractivity contribution in [3.8, 4) is 0 Å². The quantitative estimate of drug-likeness (QED) is 0.726. The summed E-state index contributed by atoms with van der Waals surface area (Å²) in [4.78, 5) is 8.28. The van der Waals surface area contributed by atoms with Gasteiger partial charge in [-0.25, -0.2) is 4.98 Å². The summed E-state index contributed by atoms with van der Waals surface area (Å²) in [6, 6.07) is 2.08. The second-order valence-electron chi connectivity index (χ2n) is 4.94. The number of aromatic nitrogens is 3. The van der Waals surface area contributed by atoms with Crippen LogP contribution in [-0.4, -0.2) is 33.4 Å². The van der Waals surface area contributed by atoms with E-state index in [4.69, 9.17) is 4.52 Å². The first-order valence-corrected chi connectivity index (χ1v) is 7.65. The van der Waals surface area contributed by atoms with Crippen LogP contribution in [0.4, 0.5) is 5.82 Å². The first-order chi connectivity index (χ1) is 10.3. The maximum absolute atomic E-state index is 9.53. The molecule has 7 heteroatoms. The van der Waals surface area contributed by atoms with Crippen LogP contribution in [0, 0.1) is 12.8 Å². The number of aliphatic hydroxyl groups is 1. The van der Waals surface area contributed by atoms with Gasteiger partial charge in [0.2, 0.25) is 0 Å². The molecule has 21 heavy (non-hydrogen) atoms. The minimum atomic E-state index is 0.125. The van der Waals surface area contributed by atoms with E-state index in [1.807, 2.05) is 12.3 Å². The number of hydrogen-bond donors (Lipinski definition) is 2. The highest BCUT2D eigenvalue weighted by atomic mass is 32.1. The van der Waals surface area contributed by atoms with E-state index in [9.17, 15) is 5.11 Å². The van der Waals surface area contributed by atoms with Crippen molar-refractivity contribution in [3.05, 3.63) is 34.4 Å². The standard InChI is InChI=1S/C14H16N4O2S/c1-9-12-13(16-8-17-14(12)20-18-9)15-5-11(6-19)4-10-2-3-21-7-10/h2-3,7-8,11,19H,4-6H2,1H3,(H,15,16,17)/t11-/m1/s1. The molecule has 110 valence electrons. The molecule has 0 spiro atoms. The topological polar surface area (TPSA) is 84.1 Å². The fourth-order valence-electron chi connectivity index (χ4n) is 2.24. The average Bonchev–Trinajstić information content (AvgIpc) is 3.14. The zero-order chi connectivity index (χ0) is 14.7. The van der Waals surface area contributed by atoms with Gasteiger partial charge in [0.1, 0.15) is 17.5 Å². The lowest BCUT2D eigenvalue weighted by molar-refractivity contribution is 0.232. The van der Waals surface area contributed by atoms with Crippen LogP contribution >= 0.6 is 11.3 Å². The molecule has 1 atom stereocenters. The first-order valence-electron chi connectivity index (χ1n) is 6.70. The summed E-state index contributed by atoms with van der Waals surface area (Å²) >= 11 is 1.67. The van der Waals surface area contributed by atoms with Crippen molar-refractivity contribution in [1.29, 1.82) is 0 Å². The van der Waals surface area contributed by atoms with E-state index < -0.39 is 0 Å². The zero-order valence-corrected chi connectivity index (χ0v) is 12.4. The maximum atomic E-state index is 9.53. The predicted octanol–water partition coefficient (Wildman–Crippen LogP) is 2.25. The molecule has 3 rings (SSSR count). The monoisotopic (exact) mass is 304 g/mol. The van der Waals surface area contributed by atoms with Gasteiger partial charge in [-0.2, -0.15) is 16.3 Å². The van der Waals surface area contributed by atoms with Gasteiger partial charge in [0, 0.05) is 19.1 Å². The Balaban J connectivity index is 1.71. The van der Waals surface area contributed by atoms with Gasteiger partial charge >= 0.3 is 0 Å². The molecular weight excluding hydrogens is 288 g/mol. The highest BCUT2D eigenvalue weighted by Crippen LogP contribution is 2.22. The van der Waals surface area contributed by atoms with E-state index >= 15 is 0 Å². The number of nitrogens with zero attached hydrogens (tertiary/aromatic N) is 3. The molecule has 0 saturated carbocycles. The second-order valence-corrected chi connectivity index (χ2v) is 5.72.